The number of halogens is 2. The molecule has 148 valence electrons. The molecule has 2 aromatic heterocycles. The Morgan fingerprint density at radius 1 is 1.21 bits per heavy atom. The molecule has 3 aromatic rings. The highest BCUT2D eigenvalue weighted by Gasteiger charge is 2.32. The molecule has 1 aliphatic rings. The van der Waals surface area contributed by atoms with E-state index in [1.165, 1.54) is 39.9 Å². The second-order valence-corrected chi connectivity index (χ2v) is 9.51. The third kappa shape index (κ3) is 3.28. The molecule has 0 amide bonds. The average Bonchev–Trinajstić information content (AvgIpc) is 3.08. The van der Waals surface area contributed by atoms with Crippen molar-refractivity contribution in [3.05, 3.63) is 51.2 Å². The first-order valence-corrected chi connectivity index (χ1v) is 11.0. The number of sulfonamides is 1. The van der Waals surface area contributed by atoms with E-state index in [0.29, 0.717) is 28.9 Å². The SMILES string of the molecule is Cc1cc(=O)nc2sc(N3CCN(S(=O)(=O)c4cccc(Cl)c4F)CC3)nn12. The van der Waals surface area contributed by atoms with E-state index in [0.717, 1.165) is 0 Å². The molecule has 0 spiro atoms. The fourth-order valence-corrected chi connectivity index (χ4v) is 5.75. The molecule has 1 aromatic carbocycles. The van der Waals surface area contributed by atoms with Gasteiger partial charge in [0.25, 0.3) is 5.56 Å². The highest BCUT2D eigenvalue weighted by molar-refractivity contribution is 7.89. The minimum absolute atomic E-state index is 0.175. The van der Waals surface area contributed by atoms with Gasteiger partial charge in [0.05, 0.1) is 5.02 Å². The standard InChI is InChI=1S/C16H15ClFN5O3S2/c1-10-9-13(24)19-15-23(10)20-16(27-15)21-5-7-22(8-6-21)28(25,26)12-4-2-3-11(17)14(12)18/h2-4,9H,5-8H2,1H3. The number of aromatic nitrogens is 3. The van der Waals surface area contributed by atoms with E-state index in [4.69, 9.17) is 11.6 Å². The maximum absolute atomic E-state index is 14.2. The number of nitrogens with zero attached hydrogens (tertiary/aromatic N) is 5. The average molecular weight is 444 g/mol. The minimum Gasteiger partial charge on any atom is -0.344 e. The zero-order valence-corrected chi connectivity index (χ0v) is 17.1. The Bertz CT molecular complexity index is 1220. The van der Waals surface area contributed by atoms with Crippen LogP contribution in [0.25, 0.3) is 4.96 Å². The summed E-state index contributed by atoms with van der Waals surface area (Å²) >= 11 is 6.98. The van der Waals surface area contributed by atoms with Gasteiger partial charge in [0, 0.05) is 37.9 Å². The van der Waals surface area contributed by atoms with Crippen molar-refractivity contribution in [2.45, 2.75) is 11.8 Å². The first-order valence-electron chi connectivity index (χ1n) is 8.34. The Hall–Kier alpha value is -2.08. The number of aryl methyl sites for hydroxylation is 1. The second kappa shape index (κ2) is 7.07. The summed E-state index contributed by atoms with van der Waals surface area (Å²) in [7, 11) is -3.99. The molecule has 8 nitrogen and oxygen atoms in total. The molecular weight excluding hydrogens is 429 g/mol. The molecular formula is C16H15ClFN5O3S2. The van der Waals surface area contributed by atoms with E-state index < -0.39 is 20.7 Å². The number of rotatable bonds is 3. The molecule has 0 bridgehead atoms. The van der Waals surface area contributed by atoms with Crippen LogP contribution in [-0.2, 0) is 10.0 Å². The fourth-order valence-electron chi connectivity index (χ4n) is 3.01. The van der Waals surface area contributed by atoms with Crippen molar-refractivity contribution in [1.29, 1.82) is 0 Å². The van der Waals surface area contributed by atoms with E-state index in [-0.39, 0.29) is 23.7 Å². The molecule has 1 fully saturated rings. The third-order valence-corrected chi connectivity index (χ3v) is 7.64. The van der Waals surface area contributed by atoms with Crippen molar-refractivity contribution >= 4 is 43.1 Å². The van der Waals surface area contributed by atoms with Crippen molar-refractivity contribution in [3.8, 4) is 0 Å². The lowest BCUT2D eigenvalue weighted by Crippen LogP contribution is -2.48. The second-order valence-electron chi connectivity index (χ2n) is 6.26. The van der Waals surface area contributed by atoms with Gasteiger partial charge in [0.2, 0.25) is 20.1 Å². The van der Waals surface area contributed by atoms with Gasteiger partial charge in [-0.05, 0) is 19.1 Å². The van der Waals surface area contributed by atoms with Gasteiger partial charge < -0.3 is 4.90 Å². The van der Waals surface area contributed by atoms with Gasteiger partial charge in [-0.2, -0.15) is 9.29 Å². The topological polar surface area (TPSA) is 87.9 Å². The van der Waals surface area contributed by atoms with Crippen LogP contribution in [0.5, 0.6) is 0 Å². The Morgan fingerprint density at radius 2 is 1.93 bits per heavy atom. The molecule has 0 unspecified atom stereocenters. The molecule has 0 aliphatic carbocycles. The Morgan fingerprint density at radius 3 is 2.64 bits per heavy atom. The van der Waals surface area contributed by atoms with Crippen molar-refractivity contribution in [1.82, 2.24) is 18.9 Å². The summed E-state index contributed by atoms with van der Waals surface area (Å²) < 4.78 is 42.6. The van der Waals surface area contributed by atoms with Gasteiger partial charge in [0.15, 0.2) is 5.82 Å². The molecule has 0 atom stereocenters. The number of anilines is 1. The summed E-state index contributed by atoms with van der Waals surface area (Å²) in [5.74, 6) is -0.941. The third-order valence-electron chi connectivity index (χ3n) is 4.46. The summed E-state index contributed by atoms with van der Waals surface area (Å²) in [4.78, 5) is 17.5. The van der Waals surface area contributed by atoms with Crippen molar-refractivity contribution in [2.24, 2.45) is 0 Å². The van der Waals surface area contributed by atoms with Crippen LogP contribution in [0.1, 0.15) is 5.69 Å². The number of piperazine rings is 1. The van der Waals surface area contributed by atoms with Crippen LogP contribution in [-0.4, -0.2) is 53.5 Å². The Balaban J connectivity index is 1.56. The molecule has 0 saturated carbocycles. The molecule has 3 heterocycles. The first-order chi connectivity index (χ1) is 13.3. The monoisotopic (exact) mass is 443 g/mol. The van der Waals surface area contributed by atoms with Gasteiger partial charge in [-0.15, -0.1) is 5.10 Å². The number of fused-ring (bicyclic) bond motifs is 1. The van der Waals surface area contributed by atoms with Crippen LogP contribution < -0.4 is 10.5 Å². The van der Waals surface area contributed by atoms with Gasteiger partial charge in [0.1, 0.15) is 4.90 Å². The van der Waals surface area contributed by atoms with Gasteiger partial charge in [-0.25, -0.2) is 17.3 Å². The maximum Gasteiger partial charge on any atom is 0.274 e. The van der Waals surface area contributed by atoms with Crippen LogP contribution in [0.3, 0.4) is 0 Å². The van der Waals surface area contributed by atoms with E-state index in [9.17, 15) is 17.6 Å². The normalized spacial score (nSPS) is 16.0. The van der Waals surface area contributed by atoms with Gasteiger partial charge >= 0.3 is 0 Å². The van der Waals surface area contributed by atoms with Crippen LogP contribution in [0.4, 0.5) is 9.52 Å². The molecule has 1 saturated heterocycles. The van der Waals surface area contributed by atoms with Gasteiger partial charge in [-0.1, -0.05) is 29.0 Å². The van der Waals surface area contributed by atoms with E-state index in [1.54, 1.807) is 11.4 Å². The maximum atomic E-state index is 14.2. The van der Waals surface area contributed by atoms with Crippen molar-refractivity contribution in [3.63, 3.8) is 0 Å². The zero-order valence-electron chi connectivity index (χ0n) is 14.7. The quantitative estimate of drug-likeness (QED) is 0.613. The zero-order chi connectivity index (χ0) is 20.1. The van der Waals surface area contributed by atoms with E-state index in [2.05, 4.69) is 10.1 Å². The molecule has 4 rings (SSSR count). The lowest BCUT2D eigenvalue weighted by Gasteiger charge is -2.33. The highest BCUT2D eigenvalue weighted by Crippen LogP contribution is 2.27. The largest absolute Gasteiger partial charge is 0.344 e. The number of benzene rings is 1. The molecule has 0 radical (unpaired) electrons. The molecule has 0 N–H and O–H groups in total. The summed E-state index contributed by atoms with van der Waals surface area (Å²) in [6.07, 6.45) is 0. The summed E-state index contributed by atoms with van der Waals surface area (Å²) in [6.45, 7) is 2.88. The smallest absolute Gasteiger partial charge is 0.274 e. The minimum atomic E-state index is -3.99. The number of hydrogen-bond donors (Lipinski definition) is 0. The van der Waals surface area contributed by atoms with Gasteiger partial charge in [-0.3, -0.25) is 4.79 Å². The van der Waals surface area contributed by atoms with E-state index >= 15 is 0 Å². The fraction of sp³-hybridized carbons (Fsp3) is 0.312. The lowest BCUT2D eigenvalue weighted by atomic mass is 10.3. The highest BCUT2D eigenvalue weighted by atomic mass is 35.5. The summed E-state index contributed by atoms with van der Waals surface area (Å²) in [6, 6.07) is 5.33. The molecule has 12 heteroatoms. The number of hydrogen-bond acceptors (Lipinski definition) is 7. The van der Waals surface area contributed by atoms with E-state index in [1.807, 2.05) is 4.90 Å². The first kappa shape index (κ1) is 19.2. The Kier molecular flexibility index (Phi) is 4.86. The summed E-state index contributed by atoms with van der Waals surface area (Å²) in [5, 5.41) is 4.88. The van der Waals surface area contributed by atoms with Crippen molar-refractivity contribution < 1.29 is 12.8 Å². The predicted molar refractivity (Wildman–Crippen MR) is 104 cm³/mol. The summed E-state index contributed by atoms with van der Waals surface area (Å²) in [5.41, 5.74) is 0.349. The molecule has 1 aliphatic heterocycles. The van der Waals surface area contributed by atoms with Crippen molar-refractivity contribution in [2.75, 3.05) is 31.1 Å². The van der Waals surface area contributed by atoms with Crippen LogP contribution in [0.2, 0.25) is 5.02 Å². The molecule has 28 heavy (non-hydrogen) atoms. The lowest BCUT2D eigenvalue weighted by molar-refractivity contribution is 0.382. The van der Waals surface area contributed by atoms with Crippen LogP contribution >= 0.6 is 22.9 Å². The van der Waals surface area contributed by atoms with Crippen LogP contribution in [0, 0.1) is 12.7 Å². The Labute approximate surface area is 168 Å². The van der Waals surface area contributed by atoms with Crippen LogP contribution in [0.15, 0.2) is 34.0 Å². The predicted octanol–water partition coefficient (Wildman–Crippen LogP) is 1.76.